The van der Waals surface area contributed by atoms with Gasteiger partial charge in [0.1, 0.15) is 29.3 Å². The molecule has 4 unspecified atom stereocenters. The Morgan fingerprint density at radius 2 is 1.92 bits per heavy atom. The highest BCUT2D eigenvalue weighted by Crippen LogP contribution is 2.38. The number of epoxide rings is 1. The van der Waals surface area contributed by atoms with Gasteiger partial charge in [-0.2, -0.15) is 0 Å². The van der Waals surface area contributed by atoms with Gasteiger partial charge in [0.15, 0.2) is 0 Å². The summed E-state index contributed by atoms with van der Waals surface area (Å²) in [6, 6.07) is 0.987. The maximum absolute atomic E-state index is 12.5. The fourth-order valence-corrected chi connectivity index (χ4v) is 3.11. The van der Waals surface area contributed by atoms with E-state index in [1.54, 1.807) is 19.1 Å². The van der Waals surface area contributed by atoms with E-state index < -0.39 is 23.9 Å². The molecule has 0 saturated carbocycles. The van der Waals surface area contributed by atoms with Crippen LogP contribution in [0.1, 0.15) is 29.3 Å². The molecule has 1 fully saturated rings. The minimum atomic E-state index is -0.966. The van der Waals surface area contributed by atoms with Crippen LogP contribution in [0.5, 0.6) is 11.5 Å². The maximum atomic E-state index is 12.5. The minimum Gasteiger partial charge on any atom is -0.507 e. The maximum Gasteiger partial charge on any atom is 0.342 e. The number of cyclic esters (lactones) is 1. The predicted octanol–water partition coefficient (Wildman–Crippen LogP) is 2.48. The zero-order valence-electron chi connectivity index (χ0n) is 13.6. The first-order valence-electron chi connectivity index (χ1n) is 7.99. The molecule has 3 rings (SSSR count). The molecule has 2 heterocycles. The monoisotopic (exact) mass is 366 g/mol. The van der Waals surface area contributed by atoms with E-state index in [-0.39, 0.29) is 40.5 Å². The molecule has 25 heavy (non-hydrogen) atoms. The van der Waals surface area contributed by atoms with Crippen LogP contribution in [0, 0.1) is 0 Å². The van der Waals surface area contributed by atoms with Gasteiger partial charge in [-0.1, -0.05) is 35.9 Å². The molecule has 0 aromatic heterocycles. The summed E-state index contributed by atoms with van der Waals surface area (Å²) in [7, 11) is 0. The SMILES string of the molecule is CC1CC2OC2/C=C\C=C\C(O)Cc2c(Cl)c(O)cc(O)c2C(=O)O1. The van der Waals surface area contributed by atoms with Crippen LogP contribution in [0.25, 0.3) is 0 Å². The highest BCUT2D eigenvalue weighted by Gasteiger charge is 2.38. The fraction of sp³-hybridized carbons (Fsp3) is 0.389. The van der Waals surface area contributed by atoms with Gasteiger partial charge in [-0.25, -0.2) is 4.79 Å². The van der Waals surface area contributed by atoms with Gasteiger partial charge in [-0.15, -0.1) is 0 Å². The van der Waals surface area contributed by atoms with Crippen molar-refractivity contribution in [1.29, 1.82) is 0 Å². The molecule has 2 aliphatic rings. The third-order valence-electron chi connectivity index (χ3n) is 4.18. The van der Waals surface area contributed by atoms with Crippen molar-refractivity contribution < 1.29 is 29.6 Å². The van der Waals surface area contributed by atoms with Gasteiger partial charge in [0.05, 0.1) is 17.2 Å². The number of carbonyl (C=O) groups is 1. The third-order valence-corrected chi connectivity index (χ3v) is 4.60. The molecule has 3 N–H and O–H groups in total. The first-order chi connectivity index (χ1) is 11.9. The largest absolute Gasteiger partial charge is 0.507 e. The van der Waals surface area contributed by atoms with Gasteiger partial charge in [0, 0.05) is 18.9 Å². The van der Waals surface area contributed by atoms with Crippen molar-refractivity contribution in [3.05, 3.63) is 46.5 Å². The van der Waals surface area contributed by atoms with Gasteiger partial charge in [0.25, 0.3) is 0 Å². The molecule has 134 valence electrons. The Morgan fingerprint density at radius 3 is 2.68 bits per heavy atom. The highest BCUT2D eigenvalue weighted by molar-refractivity contribution is 6.33. The van der Waals surface area contributed by atoms with Gasteiger partial charge >= 0.3 is 5.97 Å². The number of aliphatic hydroxyl groups excluding tert-OH is 1. The second kappa shape index (κ2) is 7.07. The molecule has 7 heteroatoms. The van der Waals surface area contributed by atoms with Crippen LogP contribution < -0.4 is 0 Å². The standard InChI is InChI=1S/C18H19ClO6/c1-9-6-15-14(25-15)5-3-2-4-10(20)7-11-16(18(23)24-9)12(21)8-13(22)17(11)19/h2-5,8-10,14-15,20-22H,6-7H2,1H3/b4-2+,5-3-. The fourth-order valence-electron chi connectivity index (χ4n) is 2.88. The van der Waals surface area contributed by atoms with Crippen molar-refractivity contribution in [3.63, 3.8) is 0 Å². The van der Waals surface area contributed by atoms with Crippen molar-refractivity contribution in [2.45, 2.75) is 44.2 Å². The Bertz CT molecular complexity index is 742. The quantitative estimate of drug-likeness (QED) is 0.482. The number of rotatable bonds is 0. The lowest BCUT2D eigenvalue weighted by Gasteiger charge is -2.18. The molecular formula is C18H19ClO6. The van der Waals surface area contributed by atoms with Gasteiger partial charge in [-0.05, 0) is 12.5 Å². The second-order valence-electron chi connectivity index (χ2n) is 6.21. The molecule has 0 bridgehead atoms. The van der Waals surface area contributed by atoms with Crippen LogP contribution >= 0.6 is 11.6 Å². The van der Waals surface area contributed by atoms with Crippen LogP contribution in [0.2, 0.25) is 5.02 Å². The Labute approximate surface area is 149 Å². The lowest BCUT2D eigenvalue weighted by Crippen LogP contribution is -2.20. The summed E-state index contributed by atoms with van der Waals surface area (Å²) in [5.74, 6) is -1.58. The van der Waals surface area contributed by atoms with Crippen LogP contribution in [-0.4, -0.2) is 45.7 Å². The number of halogens is 1. The van der Waals surface area contributed by atoms with E-state index in [2.05, 4.69) is 0 Å². The summed E-state index contributed by atoms with van der Waals surface area (Å²) in [5.41, 5.74) is -0.0157. The number of hydrogen-bond donors (Lipinski definition) is 3. The topological polar surface area (TPSA) is 99.5 Å². The number of phenolic OH excluding ortho intramolecular Hbond substituents is 2. The number of esters is 1. The van der Waals surface area contributed by atoms with Gasteiger partial charge in [-0.3, -0.25) is 0 Å². The normalized spacial score (nSPS) is 31.9. The van der Waals surface area contributed by atoms with Crippen LogP contribution in [-0.2, 0) is 15.9 Å². The zero-order valence-corrected chi connectivity index (χ0v) is 14.3. The Hall–Kier alpha value is -2.02. The number of carbonyl (C=O) groups excluding carboxylic acids is 1. The first kappa shape index (κ1) is 17.8. The number of phenols is 2. The Morgan fingerprint density at radius 1 is 1.20 bits per heavy atom. The summed E-state index contributed by atoms with van der Waals surface area (Å²) in [5, 5.41) is 30.0. The van der Waals surface area contributed by atoms with Crippen molar-refractivity contribution in [2.24, 2.45) is 0 Å². The molecule has 0 spiro atoms. The summed E-state index contributed by atoms with van der Waals surface area (Å²) in [6.07, 6.45) is 5.84. The molecule has 0 aliphatic carbocycles. The predicted molar refractivity (Wildman–Crippen MR) is 90.9 cm³/mol. The number of aliphatic hydroxyl groups is 1. The third kappa shape index (κ3) is 3.98. The summed E-state index contributed by atoms with van der Waals surface area (Å²) in [4.78, 5) is 12.5. The highest BCUT2D eigenvalue weighted by atomic mass is 35.5. The second-order valence-corrected chi connectivity index (χ2v) is 6.59. The number of hydrogen-bond acceptors (Lipinski definition) is 6. The summed E-state index contributed by atoms with van der Waals surface area (Å²) >= 11 is 6.09. The zero-order chi connectivity index (χ0) is 18.1. The van der Waals surface area contributed by atoms with Crippen LogP contribution in [0.15, 0.2) is 30.4 Å². The Balaban J connectivity index is 2.00. The van der Waals surface area contributed by atoms with E-state index in [9.17, 15) is 20.1 Å². The number of benzene rings is 1. The number of ether oxygens (including phenoxy) is 2. The van der Waals surface area contributed by atoms with Crippen LogP contribution in [0.4, 0.5) is 0 Å². The average molecular weight is 367 g/mol. The first-order valence-corrected chi connectivity index (χ1v) is 8.37. The van der Waals surface area contributed by atoms with Crippen molar-refractivity contribution in [1.82, 2.24) is 0 Å². The number of fused-ring (bicyclic) bond motifs is 2. The van der Waals surface area contributed by atoms with Gasteiger partial charge in [0.2, 0.25) is 0 Å². The van der Waals surface area contributed by atoms with Crippen molar-refractivity contribution in [3.8, 4) is 11.5 Å². The Kier molecular flexibility index (Phi) is 5.03. The smallest absolute Gasteiger partial charge is 0.342 e. The summed E-state index contributed by atoms with van der Waals surface area (Å²) < 4.78 is 10.9. The van der Waals surface area contributed by atoms with Gasteiger partial charge < -0.3 is 24.8 Å². The summed E-state index contributed by atoms with van der Waals surface area (Å²) in [6.45, 7) is 1.74. The van der Waals surface area contributed by atoms with Crippen LogP contribution in [0.3, 0.4) is 0 Å². The van der Waals surface area contributed by atoms with E-state index in [4.69, 9.17) is 21.1 Å². The molecule has 6 nitrogen and oxygen atoms in total. The molecule has 2 aliphatic heterocycles. The van der Waals surface area contributed by atoms with E-state index in [0.717, 1.165) is 6.07 Å². The van der Waals surface area contributed by atoms with Crippen molar-refractivity contribution in [2.75, 3.05) is 0 Å². The number of aromatic hydroxyl groups is 2. The molecule has 4 atom stereocenters. The molecule has 1 aromatic rings. The number of allylic oxidation sites excluding steroid dienone is 2. The molecule has 1 aromatic carbocycles. The van der Waals surface area contributed by atoms with E-state index in [1.807, 2.05) is 6.08 Å². The molecule has 0 amide bonds. The van der Waals surface area contributed by atoms with Crippen molar-refractivity contribution >= 4 is 17.6 Å². The van der Waals surface area contributed by atoms with E-state index in [0.29, 0.717) is 6.42 Å². The lowest BCUT2D eigenvalue weighted by molar-refractivity contribution is 0.0305. The lowest BCUT2D eigenvalue weighted by atomic mass is 9.99. The van der Waals surface area contributed by atoms with E-state index in [1.165, 1.54) is 6.08 Å². The van der Waals surface area contributed by atoms with E-state index >= 15 is 0 Å². The molecule has 0 radical (unpaired) electrons. The molecule has 1 saturated heterocycles. The molecular weight excluding hydrogens is 348 g/mol. The minimum absolute atomic E-state index is 0.0297. The average Bonchev–Trinajstić information content (AvgIpc) is 3.25.